The van der Waals surface area contributed by atoms with Gasteiger partial charge >= 0.3 is 5.97 Å². The number of fused-ring (bicyclic) bond motifs is 2. The summed E-state index contributed by atoms with van der Waals surface area (Å²) in [4.78, 5) is 26.5. The predicted octanol–water partition coefficient (Wildman–Crippen LogP) is 6.84. The van der Waals surface area contributed by atoms with Gasteiger partial charge in [0.1, 0.15) is 12.4 Å². The van der Waals surface area contributed by atoms with Gasteiger partial charge < -0.3 is 14.8 Å². The molecule has 7 heteroatoms. The van der Waals surface area contributed by atoms with E-state index in [4.69, 9.17) is 9.47 Å². The highest BCUT2D eigenvalue weighted by molar-refractivity contribution is 9.11. The molecule has 3 aromatic carbocycles. The number of carbonyl (C=O) groups excluding carboxylic acids is 2. The Morgan fingerprint density at radius 1 is 0.972 bits per heavy atom. The van der Waals surface area contributed by atoms with Gasteiger partial charge in [-0.25, -0.2) is 4.79 Å². The van der Waals surface area contributed by atoms with Crippen LogP contribution in [-0.4, -0.2) is 18.9 Å². The van der Waals surface area contributed by atoms with Crippen LogP contribution in [0.2, 0.25) is 0 Å². The van der Waals surface area contributed by atoms with Crippen LogP contribution in [0.5, 0.6) is 5.75 Å². The molecule has 0 fully saturated rings. The second-order valence-corrected chi connectivity index (χ2v) is 10.6. The highest BCUT2D eigenvalue weighted by atomic mass is 79.9. The highest BCUT2D eigenvalue weighted by Crippen LogP contribution is 2.48. The number of dihydropyridines is 1. The molecule has 0 amide bonds. The molecule has 1 N–H and O–H groups in total. The number of ether oxygens (including phenoxy) is 2. The zero-order valence-electron chi connectivity index (χ0n) is 19.9. The lowest BCUT2D eigenvalue weighted by atomic mass is 9.80. The van der Waals surface area contributed by atoms with Crippen LogP contribution in [0.15, 0.2) is 86.5 Å². The fourth-order valence-corrected chi connectivity index (χ4v) is 6.34. The standard InChI is InChI=1S/C29H23Br2NO4/c1-15-7-6-8-17(11-15)14-36-28-21(30)12-18(13-22(28)31)24-23(29(34)35-3)16(2)32-26-19-9-4-5-10-20(19)27(33)25(24)26/h4-13,24,32H,14H2,1-3H3/t24-/m1/s1. The van der Waals surface area contributed by atoms with Gasteiger partial charge in [-0.2, -0.15) is 0 Å². The summed E-state index contributed by atoms with van der Waals surface area (Å²) in [6, 6.07) is 19.4. The maximum absolute atomic E-state index is 13.6. The van der Waals surface area contributed by atoms with E-state index in [1.807, 2.05) is 68.4 Å². The Morgan fingerprint density at radius 2 is 1.67 bits per heavy atom. The van der Waals surface area contributed by atoms with Gasteiger partial charge in [0.2, 0.25) is 0 Å². The summed E-state index contributed by atoms with van der Waals surface area (Å²) < 4.78 is 12.7. The smallest absolute Gasteiger partial charge is 0.336 e. The molecule has 1 aliphatic heterocycles. The fourth-order valence-electron chi connectivity index (χ4n) is 4.88. The van der Waals surface area contributed by atoms with Gasteiger partial charge in [-0.3, -0.25) is 4.79 Å². The fraction of sp³-hybridized carbons (Fsp3) is 0.172. The van der Waals surface area contributed by atoms with Gasteiger partial charge in [-0.05, 0) is 69.0 Å². The van der Waals surface area contributed by atoms with Gasteiger partial charge in [-0.1, -0.05) is 54.1 Å². The zero-order chi connectivity index (χ0) is 25.6. The SMILES string of the molecule is COC(=O)C1=C(C)NC2=C(C(=O)c3ccccc32)[C@@H]1c1cc(Br)c(OCc2cccc(C)c2)c(Br)c1. The molecule has 0 saturated heterocycles. The van der Waals surface area contributed by atoms with Crippen molar-refractivity contribution in [3.63, 3.8) is 0 Å². The van der Waals surface area contributed by atoms with Crippen molar-refractivity contribution in [3.05, 3.63) is 114 Å². The summed E-state index contributed by atoms with van der Waals surface area (Å²) >= 11 is 7.31. The summed E-state index contributed by atoms with van der Waals surface area (Å²) in [5.41, 5.74) is 6.79. The number of halogens is 2. The molecule has 0 unspecified atom stereocenters. The molecule has 0 radical (unpaired) electrons. The van der Waals surface area contributed by atoms with Crippen molar-refractivity contribution < 1.29 is 19.1 Å². The Kier molecular flexibility index (Phi) is 6.62. The van der Waals surface area contributed by atoms with Crippen LogP contribution in [0, 0.1) is 6.92 Å². The van der Waals surface area contributed by atoms with Crippen molar-refractivity contribution in [1.29, 1.82) is 0 Å². The van der Waals surface area contributed by atoms with Crippen LogP contribution in [0.3, 0.4) is 0 Å². The summed E-state index contributed by atoms with van der Waals surface area (Å²) in [5, 5.41) is 3.30. The minimum absolute atomic E-state index is 0.0981. The third kappa shape index (κ3) is 4.20. The Labute approximate surface area is 226 Å². The number of Topliss-reactive ketones (excluding diaryl/α,β-unsaturated/α-hetero) is 1. The first-order chi connectivity index (χ1) is 17.3. The second kappa shape index (κ2) is 9.71. The number of ketones is 1. The molecule has 182 valence electrons. The number of methoxy groups -OCH3 is 1. The van der Waals surface area contributed by atoms with Crippen molar-refractivity contribution in [3.8, 4) is 5.75 Å². The maximum Gasteiger partial charge on any atom is 0.336 e. The lowest BCUT2D eigenvalue weighted by molar-refractivity contribution is -0.136. The van der Waals surface area contributed by atoms with Crippen LogP contribution in [0.1, 0.15) is 45.5 Å². The predicted molar refractivity (Wildman–Crippen MR) is 146 cm³/mol. The maximum atomic E-state index is 13.6. The average Bonchev–Trinajstić information content (AvgIpc) is 3.13. The molecule has 1 aliphatic carbocycles. The molecule has 0 bridgehead atoms. The Hall–Kier alpha value is -3.16. The van der Waals surface area contributed by atoms with E-state index in [-0.39, 0.29) is 5.78 Å². The van der Waals surface area contributed by atoms with Crippen molar-refractivity contribution in [2.24, 2.45) is 0 Å². The molecule has 0 aromatic heterocycles. The first-order valence-electron chi connectivity index (χ1n) is 11.4. The van der Waals surface area contributed by atoms with Crippen LogP contribution >= 0.6 is 31.9 Å². The lowest BCUT2D eigenvalue weighted by Gasteiger charge is -2.29. The minimum Gasteiger partial charge on any atom is -0.487 e. The third-order valence-electron chi connectivity index (χ3n) is 6.47. The van der Waals surface area contributed by atoms with Gasteiger partial charge in [0.05, 0.1) is 27.3 Å². The number of rotatable bonds is 5. The number of hydrogen-bond donors (Lipinski definition) is 1. The van der Waals surface area contributed by atoms with E-state index in [9.17, 15) is 9.59 Å². The normalized spacial score (nSPS) is 16.5. The average molecular weight is 609 g/mol. The van der Waals surface area contributed by atoms with E-state index in [0.29, 0.717) is 43.7 Å². The second-order valence-electron chi connectivity index (χ2n) is 8.84. The number of aryl methyl sites for hydroxylation is 1. The van der Waals surface area contributed by atoms with Crippen molar-refractivity contribution in [2.75, 3.05) is 7.11 Å². The quantitative estimate of drug-likeness (QED) is 0.321. The van der Waals surface area contributed by atoms with Crippen molar-refractivity contribution >= 4 is 49.3 Å². The van der Waals surface area contributed by atoms with Gasteiger partial charge in [0, 0.05) is 28.3 Å². The van der Waals surface area contributed by atoms with Crippen LogP contribution < -0.4 is 10.1 Å². The number of benzene rings is 3. The molecular formula is C29H23Br2NO4. The van der Waals surface area contributed by atoms with E-state index in [1.54, 1.807) is 0 Å². The largest absolute Gasteiger partial charge is 0.487 e. The number of carbonyl (C=O) groups is 2. The van der Waals surface area contributed by atoms with E-state index >= 15 is 0 Å². The molecule has 1 atom stereocenters. The Morgan fingerprint density at radius 3 is 2.33 bits per heavy atom. The summed E-state index contributed by atoms with van der Waals surface area (Å²) in [7, 11) is 1.35. The first kappa shape index (κ1) is 24.5. The molecule has 5 rings (SSSR count). The van der Waals surface area contributed by atoms with E-state index in [0.717, 1.165) is 22.4 Å². The number of hydrogen-bond acceptors (Lipinski definition) is 5. The molecule has 36 heavy (non-hydrogen) atoms. The van der Waals surface area contributed by atoms with Crippen molar-refractivity contribution in [1.82, 2.24) is 5.32 Å². The summed E-state index contributed by atoms with van der Waals surface area (Å²) in [6.45, 7) is 4.28. The molecule has 0 spiro atoms. The third-order valence-corrected chi connectivity index (χ3v) is 7.65. The summed E-state index contributed by atoms with van der Waals surface area (Å²) in [5.74, 6) is -0.539. The lowest BCUT2D eigenvalue weighted by Crippen LogP contribution is -2.29. The molecule has 1 heterocycles. The van der Waals surface area contributed by atoms with E-state index in [2.05, 4.69) is 43.2 Å². The highest BCUT2D eigenvalue weighted by Gasteiger charge is 2.43. The Balaban J connectivity index is 1.58. The van der Waals surface area contributed by atoms with E-state index in [1.165, 1.54) is 12.7 Å². The molecule has 3 aromatic rings. The van der Waals surface area contributed by atoms with Crippen molar-refractivity contribution in [2.45, 2.75) is 26.4 Å². The number of nitrogens with one attached hydrogen (secondary N) is 1. The van der Waals surface area contributed by atoms with Gasteiger partial charge in [0.25, 0.3) is 0 Å². The molecule has 5 nitrogen and oxygen atoms in total. The molecular weight excluding hydrogens is 586 g/mol. The Bertz CT molecular complexity index is 1470. The van der Waals surface area contributed by atoms with Gasteiger partial charge in [0.15, 0.2) is 5.78 Å². The summed E-state index contributed by atoms with van der Waals surface area (Å²) in [6.07, 6.45) is 0. The van der Waals surface area contributed by atoms with E-state index < -0.39 is 11.9 Å². The number of esters is 1. The van der Waals surface area contributed by atoms with Gasteiger partial charge in [-0.15, -0.1) is 0 Å². The monoisotopic (exact) mass is 607 g/mol. The zero-order valence-corrected chi connectivity index (χ0v) is 23.1. The number of allylic oxidation sites excluding steroid dienone is 2. The van der Waals surface area contributed by atoms with Crippen LogP contribution in [0.25, 0.3) is 5.70 Å². The topological polar surface area (TPSA) is 64.6 Å². The molecule has 2 aliphatic rings. The first-order valence-corrected chi connectivity index (χ1v) is 13.0. The van der Waals surface area contributed by atoms with Crippen LogP contribution in [0.4, 0.5) is 0 Å². The molecule has 0 saturated carbocycles. The van der Waals surface area contributed by atoms with Crippen LogP contribution in [-0.2, 0) is 16.1 Å². The minimum atomic E-state index is -0.605.